The zero-order chi connectivity index (χ0) is 14.2. The van der Waals surface area contributed by atoms with Gasteiger partial charge in [-0.15, -0.1) is 11.3 Å². The van der Waals surface area contributed by atoms with E-state index in [4.69, 9.17) is 11.5 Å². The Labute approximate surface area is 118 Å². The van der Waals surface area contributed by atoms with E-state index < -0.39 is 5.91 Å². The number of primary amides is 1. The Morgan fingerprint density at radius 3 is 2.58 bits per heavy atom. The summed E-state index contributed by atoms with van der Waals surface area (Å²) in [7, 11) is 2.07. The molecule has 0 radical (unpaired) electrons. The van der Waals surface area contributed by atoms with E-state index in [1.54, 1.807) is 0 Å². The number of carbonyl (C=O) groups excluding carboxylic acids is 1. The molecule has 0 saturated heterocycles. The number of anilines is 2. The maximum atomic E-state index is 11.5. The second-order valence-corrected chi connectivity index (χ2v) is 6.81. The molecule has 1 amide bonds. The van der Waals surface area contributed by atoms with Crippen molar-refractivity contribution >= 4 is 27.9 Å². The minimum Gasteiger partial charge on any atom is -0.397 e. The van der Waals surface area contributed by atoms with Crippen LogP contribution in [0.15, 0.2) is 0 Å². The van der Waals surface area contributed by atoms with Crippen LogP contribution in [0.4, 0.5) is 10.7 Å². The lowest BCUT2D eigenvalue weighted by Crippen LogP contribution is -2.20. The van der Waals surface area contributed by atoms with Crippen LogP contribution in [-0.2, 0) is 0 Å². The van der Waals surface area contributed by atoms with Gasteiger partial charge in [0, 0.05) is 19.2 Å². The van der Waals surface area contributed by atoms with Crippen LogP contribution in [0.2, 0.25) is 0 Å². The van der Waals surface area contributed by atoms with Crippen molar-refractivity contribution in [3.05, 3.63) is 10.4 Å². The first-order valence-electron chi connectivity index (χ1n) is 6.84. The summed E-state index contributed by atoms with van der Waals surface area (Å²) >= 11 is 1.45. The van der Waals surface area contributed by atoms with Crippen molar-refractivity contribution in [2.24, 2.45) is 11.7 Å². The SMILES string of the molecule is CC(C)CCN(C)c1sc(C(N)=O)c(N)c1C1CC1. The highest BCUT2D eigenvalue weighted by atomic mass is 32.1. The molecule has 0 atom stereocenters. The van der Waals surface area contributed by atoms with Crippen molar-refractivity contribution in [3.8, 4) is 0 Å². The molecule has 1 aromatic heterocycles. The van der Waals surface area contributed by atoms with Crippen molar-refractivity contribution < 1.29 is 4.79 Å². The van der Waals surface area contributed by atoms with E-state index in [0.29, 0.717) is 22.4 Å². The molecule has 1 saturated carbocycles. The van der Waals surface area contributed by atoms with Gasteiger partial charge in [-0.1, -0.05) is 13.8 Å². The molecule has 0 unspecified atom stereocenters. The van der Waals surface area contributed by atoms with E-state index in [9.17, 15) is 4.79 Å². The lowest BCUT2D eigenvalue weighted by Gasteiger charge is -2.20. The molecule has 2 rings (SSSR count). The minimum atomic E-state index is -0.409. The fourth-order valence-corrected chi connectivity index (χ4v) is 3.38. The number of nitrogens with two attached hydrogens (primary N) is 2. The molecule has 0 aliphatic heterocycles. The zero-order valence-electron chi connectivity index (χ0n) is 11.9. The van der Waals surface area contributed by atoms with Gasteiger partial charge in [0.25, 0.3) is 5.91 Å². The normalized spacial score (nSPS) is 14.9. The summed E-state index contributed by atoms with van der Waals surface area (Å²) in [5.74, 6) is 0.786. The van der Waals surface area contributed by atoms with Gasteiger partial charge in [0.2, 0.25) is 0 Å². The number of rotatable bonds is 6. The quantitative estimate of drug-likeness (QED) is 0.842. The number of hydrogen-bond donors (Lipinski definition) is 2. The van der Waals surface area contributed by atoms with Crippen LogP contribution < -0.4 is 16.4 Å². The fourth-order valence-electron chi connectivity index (χ4n) is 2.23. The number of carbonyl (C=O) groups is 1. The molecule has 5 heteroatoms. The summed E-state index contributed by atoms with van der Waals surface area (Å²) in [6, 6.07) is 0. The summed E-state index contributed by atoms with van der Waals surface area (Å²) in [6.07, 6.45) is 3.47. The van der Waals surface area contributed by atoms with E-state index in [-0.39, 0.29) is 0 Å². The number of nitrogen functional groups attached to an aromatic ring is 1. The molecular formula is C14H23N3OS. The van der Waals surface area contributed by atoms with Crippen molar-refractivity contribution in [3.63, 3.8) is 0 Å². The molecule has 4 N–H and O–H groups in total. The van der Waals surface area contributed by atoms with Crippen molar-refractivity contribution in [1.29, 1.82) is 0 Å². The second-order valence-electron chi connectivity index (χ2n) is 5.81. The van der Waals surface area contributed by atoms with E-state index in [1.165, 1.54) is 24.2 Å². The Morgan fingerprint density at radius 1 is 1.47 bits per heavy atom. The first-order valence-corrected chi connectivity index (χ1v) is 7.66. The predicted molar refractivity (Wildman–Crippen MR) is 81.9 cm³/mol. The average Bonchev–Trinajstić information content (AvgIpc) is 3.09. The van der Waals surface area contributed by atoms with Crippen LogP contribution in [-0.4, -0.2) is 19.5 Å². The average molecular weight is 281 g/mol. The van der Waals surface area contributed by atoms with Gasteiger partial charge in [0.15, 0.2) is 0 Å². The molecule has 1 aliphatic carbocycles. The summed E-state index contributed by atoms with van der Waals surface area (Å²) < 4.78 is 0. The van der Waals surface area contributed by atoms with E-state index in [1.807, 2.05) is 0 Å². The first kappa shape index (κ1) is 14.2. The Bertz CT molecular complexity index is 477. The summed E-state index contributed by atoms with van der Waals surface area (Å²) in [6.45, 7) is 5.41. The summed E-state index contributed by atoms with van der Waals surface area (Å²) in [5.41, 5.74) is 13.3. The molecule has 1 heterocycles. The highest BCUT2D eigenvalue weighted by molar-refractivity contribution is 7.18. The largest absolute Gasteiger partial charge is 0.397 e. The van der Waals surface area contributed by atoms with Gasteiger partial charge in [-0.2, -0.15) is 0 Å². The maximum Gasteiger partial charge on any atom is 0.260 e. The van der Waals surface area contributed by atoms with Crippen LogP contribution in [0.5, 0.6) is 0 Å². The van der Waals surface area contributed by atoms with Crippen LogP contribution in [0.3, 0.4) is 0 Å². The van der Waals surface area contributed by atoms with Gasteiger partial charge in [-0.25, -0.2) is 0 Å². The molecule has 4 nitrogen and oxygen atoms in total. The highest BCUT2D eigenvalue weighted by Gasteiger charge is 2.33. The first-order chi connectivity index (χ1) is 8.91. The van der Waals surface area contributed by atoms with E-state index in [2.05, 4.69) is 25.8 Å². The molecule has 106 valence electrons. The summed E-state index contributed by atoms with van der Waals surface area (Å²) in [4.78, 5) is 14.2. The van der Waals surface area contributed by atoms with Gasteiger partial charge in [0.05, 0.1) is 10.7 Å². The lowest BCUT2D eigenvalue weighted by molar-refractivity contribution is 0.100. The number of nitrogens with zero attached hydrogens (tertiary/aromatic N) is 1. The standard InChI is InChI=1S/C14H23N3OS/c1-8(2)6-7-17(3)14-10(9-4-5-9)11(15)12(19-14)13(16)18/h8-9H,4-7,15H2,1-3H3,(H2,16,18). The van der Waals surface area contributed by atoms with Gasteiger partial charge in [0.1, 0.15) is 4.88 Å². The molecule has 1 fully saturated rings. The zero-order valence-corrected chi connectivity index (χ0v) is 12.7. The minimum absolute atomic E-state index is 0.409. The van der Waals surface area contributed by atoms with Gasteiger partial charge < -0.3 is 16.4 Å². The second kappa shape index (κ2) is 5.41. The Kier molecular flexibility index (Phi) is 4.04. The van der Waals surface area contributed by atoms with Crippen LogP contribution in [0.25, 0.3) is 0 Å². The lowest BCUT2D eigenvalue weighted by atomic mass is 10.1. The third-order valence-electron chi connectivity index (χ3n) is 3.56. The van der Waals surface area contributed by atoms with Gasteiger partial charge >= 0.3 is 0 Å². The molecule has 1 aromatic rings. The molecule has 0 bridgehead atoms. The van der Waals surface area contributed by atoms with Crippen LogP contribution >= 0.6 is 11.3 Å². The smallest absolute Gasteiger partial charge is 0.260 e. The van der Waals surface area contributed by atoms with Gasteiger partial charge in [-0.05, 0) is 31.1 Å². The van der Waals surface area contributed by atoms with E-state index in [0.717, 1.165) is 23.5 Å². The highest BCUT2D eigenvalue weighted by Crippen LogP contribution is 2.51. The third kappa shape index (κ3) is 3.03. The fraction of sp³-hybridized carbons (Fsp3) is 0.643. The third-order valence-corrected chi connectivity index (χ3v) is 4.91. The van der Waals surface area contributed by atoms with Crippen molar-refractivity contribution in [2.75, 3.05) is 24.2 Å². The molecule has 1 aliphatic rings. The number of thiophene rings is 1. The summed E-state index contributed by atoms with van der Waals surface area (Å²) in [5, 5.41) is 1.13. The predicted octanol–water partition coefficient (Wildman–Crippen LogP) is 2.79. The monoisotopic (exact) mass is 281 g/mol. The van der Waals surface area contributed by atoms with Crippen molar-refractivity contribution in [2.45, 2.75) is 39.0 Å². The van der Waals surface area contributed by atoms with Crippen LogP contribution in [0.1, 0.15) is 54.3 Å². The Morgan fingerprint density at radius 2 is 2.11 bits per heavy atom. The Balaban J connectivity index is 2.27. The molecule has 0 aromatic carbocycles. The van der Waals surface area contributed by atoms with Gasteiger partial charge in [-0.3, -0.25) is 4.79 Å². The molecule has 0 spiro atoms. The topological polar surface area (TPSA) is 72.3 Å². The van der Waals surface area contributed by atoms with Crippen molar-refractivity contribution in [1.82, 2.24) is 0 Å². The maximum absolute atomic E-state index is 11.5. The van der Waals surface area contributed by atoms with Crippen LogP contribution in [0, 0.1) is 5.92 Å². The molecule has 19 heavy (non-hydrogen) atoms. The Hall–Kier alpha value is -1.23. The molecular weight excluding hydrogens is 258 g/mol. The van der Waals surface area contributed by atoms with E-state index >= 15 is 0 Å². The number of hydrogen-bond acceptors (Lipinski definition) is 4. The number of amides is 1.